The third kappa shape index (κ3) is 2.19. The van der Waals surface area contributed by atoms with E-state index in [1.54, 1.807) is 18.5 Å². The Kier molecular flexibility index (Phi) is 2.64. The number of halogens is 1. The number of nitrogens with zero attached hydrogens (tertiary/aromatic N) is 1. The predicted molar refractivity (Wildman–Crippen MR) is 63.7 cm³/mol. The number of fused-ring (bicyclic) bond motifs is 1. The van der Waals surface area contributed by atoms with E-state index in [0.29, 0.717) is 12.0 Å². The summed E-state index contributed by atoms with van der Waals surface area (Å²) in [6.45, 7) is 3.79. The molecule has 0 saturated heterocycles. The van der Waals surface area contributed by atoms with Crippen LogP contribution in [0.2, 0.25) is 0 Å². The molecule has 3 heteroatoms. The molecule has 2 aromatic rings. The Morgan fingerprint density at radius 2 is 2.06 bits per heavy atom. The molecule has 84 valence electrons. The van der Waals surface area contributed by atoms with Crippen molar-refractivity contribution in [1.29, 1.82) is 0 Å². The largest absolute Gasteiger partial charge is 0.325 e. The molecule has 2 N–H and O–H groups in total. The molecule has 1 heterocycles. The average molecular weight is 218 g/mol. The molecular formula is C13H15FN2. The number of aromatic nitrogens is 1. The molecule has 16 heavy (non-hydrogen) atoms. The summed E-state index contributed by atoms with van der Waals surface area (Å²) in [5.41, 5.74) is 6.20. The SMILES string of the molecule is CC(C)(N)Cc1c(F)ccc2cnccc12. The summed E-state index contributed by atoms with van der Waals surface area (Å²) in [5.74, 6) is -0.197. The zero-order valence-electron chi connectivity index (χ0n) is 9.50. The van der Waals surface area contributed by atoms with E-state index in [-0.39, 0.29) is 5.82 Å². The highest BCUT2D eigenvalue weighted by Gasteiger charge is 2.16. The number of hydrogen-bond acceptors (Lipinski definition) is 2. The Bertz CT molecular complexity index is 515. The minimum atomic E-state index is -0.418. The second kappa shape index (κ2) is 3.83. The summed E-state index contributed by atoms with van der Waals surface area (Å²) in [5, 5.41) is 1.84. The normalized spacial score (nSPS) is 12.0. The highest BCUT2D eigenvalue weighted by atomic mass is 19.1. The van der Waals surface area contributed by atoms with Crippen molar-refractivity contribution in [1.82, 2.24) is 4.98 Å². The highest BCUT2D eigenvalue weighted by molar-refractivity contribution is 5.85. The number of benzene rings is 1. The van der Waals surface area contributed by atoms with Crippen LogP contribution in [-0.4, -0.2) is 10.5 Å². The summed E-state index contributed by atoms with van der Waals surface area (Å²) in [6.07, 6.45) is 3.93. The average Bonchev–Trinajstić information content (AvgIpc) is 2.21. The number of rotatable bonds is 2. The van der Waals surface area contributed by atoms with Crippen LogP contribution in [0.1, 0.15) is 19.4 Å². The smallest absolute Gasteiger partial charge is 0.127 e. The van der Waals surface area contributed by atoms with Crippen LogP contribution in [0.3, 0.4) is 0 Å². The third-order valence-corrected chi connectivity index (χ3v) is 2.51. The van der Waals surface area contributed by atoms with E-state index in [1.807, 2.05) is 19.9 Å². The van der Waals surface area contributed by atoms with Crippen LogP contribution in [-0.2, 0) is 6.42 Å². The summed E-state index contributed by atoms with van der Waals surface area (Å²) in [4.78, 5) is 4.03. The van der Waals surface area contributed by atoms with Gasteiger partial charge in [0, 0.05) is 23.3 Å². The van der Waals surface area contributed by atoms with Gasteiger partial charge < -0.3 is 5.73 Å². The molecule has 0 bridgehead atoms. The first-order chi connectivity index (χ1) is 7.47. The predicted octanol–water partition coefficient (Wildman–Crippen LogP) is 2.65. The molecule has 1 aromatic carbocycles. The molecule has 0 saturated carbocycles. The van der Waals surface area contributed by atoms with Crippen LogP contribution < -0.4 is 5.73 Å². The van der Waals surface area contributed by atoms with Crippen molar-refractivity contribution in [3.8, 4) is 0 Å². The van der Waals surface area contributed by atoms with Crippen molar-refractivity contribution in [3.63, 3.8) is 0 Å². The third-order valence-electron chi connectivity index (χ3n) is 2.51. The van der Waals surface area contributed by atoms with Gasteiger partial charge in [0.1, 0.15) is 5.82 Å². The van der Waals surface area contributed by atoms with E-state index < -0.39 is 5.54 Å². The van der Waals surface area contributed by atoms with E-state index >= 15 is 0 Å². The Morgan fingerprint density at radius 1 is 1.31 bits per heavy atom. The van der Waals surface area contributed by atoms with Crippen molar-refractivity contribution in [2.45, 2.75) is 25.8 Å². The summed E-state index contributed by atoms with van der Waals surface area (Å²) >= 11 is 0. The molecule has 1 aromatic heterocycles. The van der Waals surface area contributed by atoms with E-state index in [0.717, 1.165) is 10.8 Å². The second-order valence-electron chi connectivity index (χ2n) is 4.79. The van der Waals surface area contributed by atoms with Crippen LogP contribution in [0.5, 0.6) is 0 Å². The van der Waals surface area contributed by atoms with Gasteiger partial charge in [-0.05, 0) is 49.4 Å². The van der Waals surface area contributed by atoms with E-state index in [9.17, 15) is 4.39 Å². The first-order valence-electron chi connectivity index (χ1n) is 5.27. The molecule has 0 radical (unpaired) electrons. The fraction of sp³-hybridized carbons (Fsp3) is 0.308. The van der Waals surface area contributed by atoms with Gasteiger partial charge in [-0.25, -0.2) is 4.39 Å². The molecule has 0 aliphatic heterocycles. The van der Waals surface area contributed by atoms with Gasteiger partial charge in [-0.15, -0.1) is 0 Å². The molecule has 2 rings (SSSR count). The fourth-order valence-corrected chi connectivity index (χ4v) is 1.84. The quantitative estimate of drug-likeness (QED) is 0.841. The molecular weight excluding hydrogens is 203 g/mol. The molecule has 0 amide bonds. The van der Waals surface area contributed by atoms with Gasteiger partial charge in [-0.1, -0.05) is 0 Å². The van der Waals surface area contributed by atoms with Gasteiger partial charge in [-0.2, -0.15) is 0 Å². The van der Waals surface area contributed by atoms with E-state index in [1.165, 1.54) is 6.07 Å². The zero-order chi connectivity index (χ0) is 11.8. The van der Waals surface area contributed by atoms with E-state index in [2.05, 4.69) is 4.98 Å². The summed E-state index contributed by atoms with van der Waals surface area (Å²) in [7, 11) is 0. The lowest BCUT2D eigenvalue weighted by atomic mass is 9.92. The lowest BCUT2D eigenvalue weighted by Crippen LogP contribution is -2.34. The standard InChI is InChI=1S/C13H15FN2/c1-13(2,15)7-11-10-5-6-16-8-9(10)3-4-12(11)14/h3-6,8H,7,15H2,1-2H3. The number of nitrogens with two attached hydrogens (primary N) is 1. The number of pyridine rings is 1. The summed E-state index contributed by atoms with van der Waals surface area (Å²) in [6, 6.07) is 5.05. The van der Waals surface area contributed by atoms with Crippen molar-refractivity contribution in [2.24, 2.45) is 5.73 Å². The maximum Gasteiger partial charge on any atom is 0.127 e. The monoisotopic (exact) mass is 218 g/mol. The maximum atomic E-state index is 13.8. The first kappa shape index (κ1) is 11.0. The van der Waals surface area contributed by atoms with Crippen LogP contribution in [0.15, 0.2) is 30.6 Å². The molecule has 0 aliphatic carbocycles. The minimum Gasteiger partial charge on any atom is -0.325 e. The Morgan fingerprint density at radius 3 is 2.75 bits per heavy atom. The van der Waals surface area contributed by atoms with Crippen LogP contribution in [0.25, 0.3) is 10.8 Å². The van der Waals surface area contributed by atoms with Crippen LogP contribution in [0.4, 0.5) is 4.39 Å². The minimum absolute atomic E-state index is 0.197. The van der Waals surface area contributed by atoms with Crippen molar-refractivity contribution >= 4 is 10.8 Å². The van der Waals surface area contributed by atoms with E-state index in [4.69, 9.17) is 5.73 Å². The Labute approximate surface area is 94.3 Å². The molecule has 0 unspecified atom stereocenters. The Hall–Kier alpha value is -1.48. The van der Waals surface area contributed by atoms with Crippen molar-refractivity contribution in [2.75, 3.05) is 0 Å². The summed E-state index contributed by atoms with van der Waals surface area (Å²) < 4.78 is 13.8. The van der Waals surface area contributed by atoms with Crippen LogP contribution in [0, 0.1) is 5.82 Å². The molecule has 0 spiro atoms. The van der Waals surface area contributed by atoms with Gasteiger partial charge in [0.15, 0.2) is 0 Å². The van der Waals surface area contributed by atoms with Gasteiger partial charge in [0.05, 0.1) is 0 Å². The maximum absolute atomic E-state index is 13.8. The lowest BCUT2D eigenvalue weighted by Gasteiger charge is -2.20. The highest BCUT2D eigenvalue weighted by Crippen LogP contribution is 2.23. The van der Waals surface area contributed by atoms with Gasteiger partial charge in [0.2, 0.25) is 0 Å². The topological polar surface area (TPSA) is 38.9 Å². The molecule has 2 nitrogen and oxygen atoms in total. The zero-order valence-corrected chi connectivity index (χ0v) is 9.50. The van der Waals surface area contributed by atoms with Gasteiger partial charge in [-0.3, -0.25) is 4.98 Å². The van der Waals surface area contributed by atoms with Crippen LogP contribution >= 0.6 is 0 Å². The molecule has 0 aliphatic rings. The van der Waals surface area contributed by atoms with Crippen molar-refractivity contribution in [3.05, 3.63) is 42.0 Å². The van der Waals surface area contributed by atoms with Crippen molar-refractivity contribution < 1.29 is 4.39 Å². The van der Waals surface area contributed by atoms with Gasteiger partial charge in [0.25, 0.3) is 0 Å². The number of hydrogen-bond donors (Lipinski definition) is 1. The fourth-order valence-electron chi connectivity index (χ4n) is 1.84. The second-order valence-corrected chi connectivity index (χ2v) is 4.79. The molecule has 0 atom stereocenters. The molecule has 0 fully saturated rings. The lowest BCUT2D eigenvalue weighted by molar-refractivity contribution is 0.500. The van der Waals surface area contributed by atoms with Gasteiger partial charge >= 0.3 is 0 Å². The first-order valence-corrected chi connectivity index (χ1v) is 5.27. The Balaban J connectivity index is 2.62.